The van der Waals surface area contributed by atoms with Gasteiger partial charge in [-0.05, 0) is 37.4 Å². The van der Waals surface area contributed by atoms with Gasteiger partial charge in [0.15, 0.2) is 0 Å². The molecule has 2 aliphatic heterocycles. The van der Waals surface area contributed by atoms with Crippen LogP contribution in [0.3, 0.4) is 0 Å². The molecule has 0 radical (unpaired) electrons. The highest BCUT2D eigenvalue weighted by Gasteiger charge is 2.35. The molecule has 0 aromatic heterocycles. The quantitative estimate of drug-likeness (QED) is 0.697. The lowest BCUT2D eigenvalue weighted by Gasteiger charge is -2.36. The first-order valence-corrected chi connectivity index (χ1v) is 5.85. The Hall–Kier alpha value is -0.860. The van der Waals surface area contributed by atoms with E-state index in [1.807, 2.05) is 0 Å². The van der Waals surface area contributed by atoms with Crippen LogP contribution < -0.4 is 5.73 Å². The molecule has 2 heteroatoms. The van der Waals surface area contributed by atoms with Crippen molar-refractivity contribution in [1.29, 1.82) is 0 Å². The van der Waals surface area contributed by atoms with Crippen molar-refractivity contribution in [3.05, 3.63) is 34.9 Å². The van der Waals surface area contributed by atoms with Crippen LogP contribution in [-0.2, 0) is 6.54 Å². The number of benzene rings is 1. The largest absolute Gasteiger partial charge is 0.323 e. The van der Waals surface area contributed by atoms with Crippen LogP contribution in [0.1, 0.15) is 35.6 Å². The third kappa shape index (κ3) is 1.40. The van der Waals surface area contributed by atoms with Crippen LogP contribution in [0, 0.1) is 6.92 Å². The molecular weight excluding hydrogens is 184 g/mol. The van der Waals surface area contributed by atoms with Gasteiger partial charge in [0.2, 0.25) is 0 Å². The summed E-state index contributed by atoms with van der Waals surface area (Å²) < 4.78 is 0. The topological polar surface area (TPSA) is 29.3 Å². The molecule has 1 saturated heterocycles. The van der Waals surface area contributed by atoms with E-state index in [0.717, 1.165) is 6.54 Å². The molecule has 2 aliphatic rings. The van der Waals surface area contributed by atoms with Crippen LogP contribution in [0.15, 0.2) is 18.2 Å². The number of nitrogens with two attached hydrogens (primary N) is 1. The molecule has 0 aliphatic carbocycles. The van der Waals surface area contributed by atoms with E-state index in [1.54, 1.807) is 0 Å². The fourth-order valence-corrected chi connectivity index (χ4v) is 3.08. The lowest BCUT2D eigenvalue weighted by atomic mass is 9.89. The van der Waals surface area contributed by atoms with Crippen molar-refractivity contribution in [2.24, 2.45) is 5.73 Å². The van der Waals surface area contributed by atoms with Crippen molar-refractivity contribution < 1.29 is 0 Å². The smallest absolute Gasteiger partial charge is 0.0456 e. The first kappa shape index (κ1) is 9.37. The summed E-state index contributed by atoms with van der Waals surface area (Å²) in [6, 6.07) is 7.54. The second kappa shape index (κ2) is 3.32. The maximum Gasteiger partial charge on any atom is 0.0456 e. The van der Waals surface area contributed by atoms with Crippen LogP contribution in [-0.4, -0.2) is 17.5 Å². The molecular formula is C13H18N2. The van der Waals surface area contributed by atoms with Gasteiger partial charge in [0, 0.05) is 18.6 Å². The first-order valence-electron chi connectivity index (χ1n) is 5.85. The number of hydrogen-bond acceptors (Lipinski definition) is 2. The first-order chi connectivity index (χ1) is 7.25. The van der Waals surface area contributed by atoms with E-state index in [-0.39, 0.29) is 6.04 Å². The molecule has 15 heavy (non-hydrogen) atoms. The fourth-order valence-electron chi connectivity index (χ4n) is 3.08. The second-order valence-electron chi connectivity index (χ2n) is 4.91. The third-order valence-electron chi connectivity index (χ3n) is 3.86. The Morgan fingerprint density at radius 3 is 3.13 bits per heavy atom. The van der Waals surface area contributed by atoms with Crippen molar-refractivity contribution in [1.82, 2.24) is 4.90 Å². The van der Waals surface area contributed by atoms with Gasteiger partial charge in [0.05, 0.1) is 0 Å². The molecule has 0 spiro atoms. The molecule has 1 aromatic rings. The summed E-state index contributed by atoms with van der Waals surface area (Å²) >= 11 is 0. The number of hydrogen-bond donors (Lipinski definition) is 1. The Balaban J connectivity index is 2.04. The normalized spacial score (nSPS) is 30.0. The highest BCUT2D eigenvalue weighted by Crippen LogP contribution is 2.35. The van der Waals surface area contributed by atoms with Gasteiger partial charge in [-0.1, -0.05) is 23.8 Å². The maximum absolute atomic E-state index is 6.34. The minimum Gasteiger partial charge on any atom is -0.323 e. The molecule has 3 rings (SSSR count). The van der Waals surface area contributed by atoms with Gasteiger partial charge < -0.3 is 5.73 Å². The van der Waals surface area contributed by atoms with Crippen molar-refractivity contribution in [2.75, 3.05) is 6.54 Å². The van der Waals surface area contributed by atoms with Gasteiger partial charge in [-0.2, -0.15) is 0 Å². The van der Waals surface area contributed by atoms with Crippen LogP contribution in [0.2, 0.25) is 0 Å². The predicted molar refractivity (Wildman–Crippen MR) is 61.5 cm³/mol. The predicted octanol–water partition coefficient (Wildman–Crippen LogP) is 1.97. The summed E-state index contributed by atoms with van der Waals surface area (Å²) in [5.74, 6) is 0. The molecule has 80 valence electrons. The molecule has 0 bridgehead atoms. The maximum atomic E-state index is 6.34. The van der Waals surface area contributed by atoms with Gasteiger partial charge in [0.1, 0.15) is 0 Å². The Morgan fingerprint density at radius 2 is 2.27 bits per heavy atom. The summed E-state index contributed by atoms with van der Waals surface area (Å²) in [6.07, 6.45) is 2.58. The zero-order valence-electron chi connectivity index (χ0n) is 9.24. The van der Waals surface area contributed by atoms with Gasteiger partial charge in [0.25, 0.3) is 0 Å². The molecule has 2 atom stereocenters. The zero-order valence-corrected chi connectivity index (χ0v) is 9.24. The Morgan fingerprint density at radius 1 is 1.40 bits per heavy atom. The molecule has 2 N–H and O–H groups in total. The van der Waals surface area contributed by atoms with Gasteiger partial charge >= 0.3 is 0 Å². The fraction of sp³-hybridized carbons (Fsp3) is 0.538. The lowest BCUT2D eigenvalue weighted by molar-refractivity contribution is 0.197. The number of rotatable bonds is 0. The van der Waals surface area contributed by atoms with Crippen molar-refractivity contribution in [3.8, 4) is 0 Å². The summed E-state index contributed by atoms with van der Waals surface area (Å²) in [6.45, 7) is 4.49. The van der Waals surface area contributed by atoms with Gasteiger partial charge in [-0.15, -0.1) is 0 Å². The second-order valence-corrected chi connectivity index (χ2v) is 4.91. The minimum atomic E-state index is 0.233. The Bertz CT molecular complexity index is 386. The Labute approximate surface area is 91.1 Å². The molecule has 2 unspecified atom stereocenters. The molecule has 1 fully saturated rings. The van der Waals surface area contributed by atoms with E-state index in [9.17, 15) is 0 Å². The highest BCUT2D eigenvalue weighted by atomic mass is 15.2. The van der Waals surface area contributed by atoms with Gasteiger partial charge in [-0.25, -0.2) is 0 Å². The Kier molecular flexibility index (Phi) is 2.08. The molecule has 2 nitrogen and oxygen atoms in total. The van der Waals surface area contributed by atoms with E-state index in [4.69, 9.17) is 5.73 Å². The van der Waals surface area contributed by atoms with Crippen molar-refractivity contribution >= 4 is 0 Å². The van der Waals surface area contributed by atoms with Crippen molar-refractivity contribution in [3.63, 3.8) is 0 Å². The van der Waals surface area contributed by atoms with E-state index in [0.29, 0.717) is 6.04 Å². The SMILES string of the molecule is Cc1ccc2c(c1)CN1CCCC1C2N. The molecule has 1 aromatic carbocycles. The molecule has 2 heterocycles. The number of nitrogens with zero attached hydrogens (tertiary/aromatic N) is 1. The minimum absolute atomic E-state index is 0.233. The molecule has 0 amide bonds. The monoisotopic (exact) mass is 202 g/mol. The number of fused-ring (bicyclic) bond motifs is 2. The van der Waals surface area contributed by atoms with Crippen LogP contribution >= 0.6 is 0 Å². The summed E-state index contributed by atoms with van der Waals surface area (Å²) in [5, 5.41) is 0. The van der Waals surface area contributed by atoms with E-state index in [2.05, 4.69) is 30.0 Å². The summed E-state index contributed by atoms with van der Waals surface area (Å²) in [5.41, 5.74) is 10.5. The van der Waals surface area contributed by atoms with E-state index in [1.165, 1.54) is 36.1 Å². The van der Waals surface area contributed by atoms with E-state index >= 15 is 0 Å². The van der Waals surface area contributed by atoms with Crippen LogP contribution in [0.4, 0.5) is 0 Å². The molecule has 0 saturated carbocycles. The highest BCUT2D eigenvalue weighted by molar-refractivity contribution is 5.36. The lowest BCUT2D eigenvalue weighted by Crippen LogP contribution is -2.42. The van der Waals surface area contributed by atoms with Gasteiger partial charge in [-0.3, -0.25) is 4.90 Å². The summed E-state index contributed by atoms with van der Waals surface area (Å²) in [4.78, 5) is 2.55. The standard InChI is InChI=1S/C13H18N2/c1-9-4-5-11-10(7-9)8-15-6-2-3-12(15)13(11)14/h4-5,7,12-13H,2-3,6,8,14H2,1H3. The van der Waals surface area contributed by atoms with Crippen molar-refractivity contribution in [2.45, 2.75) is 38.4 Å². The average Bonchev–Trinajstić information content (AvgIpc) is 2.65. The van der Waals surface area contributed by atoms with Crippen LogP contribution in [0.25, 0.3) is 0 Å². The number of aryl methyl sites for hydroxylation is 1. The summed E-state index contributed by atoms with van der Waals surface area (Å²) in [7, 11) is 0. The average molecular weight is 202 g/mol. The zero-order chi connectivity index (χ0) is 10.4. The third-order valence-corrected chi connectivity index (χ3v) is 3.86. The van der Waals surface area contributed by atoms with E-state index < -0.39 is 0 Å². The van der Waals surface area contributed by atoms with Crippen LogP contribution in [0.5, 0.6) is 0 Å².